The van der Waals surface area contributed by atoms with E-state index in [0.717, 1.165) is 19.6 Å². The van der Waals surface area contributed by atoms with Crippen molar-refractivity contribution < 1.29 is 14.3 Å². The zero-order valence-electron chi connectivity index (χ0n) is 25.8. The number of hydrogen-bond acceptors (Lipinski definition) is 9. The molecule has 1 aliphatic rings. The maximum absolute atomic E-state index is 14.3. The average molecular weight is 632 g/mol. The van der Waals surface area contributed by atoms with Gasteiger partial charge in [-0.25, -0.2) is 9.97 Å². The molecule has 1 aromatic carbocycles. The van der Waals surface area contributed by atoms with Crippen LogP contribution >= 0.6 is 11.6 Å². The highest BCUT2D eigenvalue weighted by Gasteiger charge is 2.21. The predicted octanol–water partition coefficient (Wildman–Crippen LogP) is 5.01. The third-order valence-corrected chi connectivity index (χ3v) is 7.95. The first kappa shape index (κ1) is 31.9. The van der Waals surface area contributed by atoms with Gasteiger partial charge in [-0.1, -0.05) is 38.1 Å². The van der Waals surface area contributed by atoms with Crippen LogP contribution in [0.3, 0.4) is 0 Å². The molecule has 1 fully saturated rings. The standard InChI is InChI=1S/C33H38ClN7O4/c1-5-29(42)40-15-13-39(14-16-40)11-8-12-41-31-23(20-36-33(38-31)37-28-9-6-7-10-35-28)17-26(32(41)43)25-18-24(44-4)19-27(30(25)34)45-21-22(2)3/h5-7,9-10,17-20,22H,1,8,11-16,21H2,2-4H3,(H,35,36,37,38). The Morgan fingerprint density at radius 2 is 1.91 bits per heavy atom. The second kappa shape index (κ2) is 14.5. The molecule has 0 spiro atoms. The van der Waals surface area contributed by atoms with E-state index >= 15 is 0 Å². The predicted molar refractivity (Wildman–Crippen MR) is 176 cm³/mol. The molecule has 5 rings (SSSR count). The van der Waals surface area contributed by atoms with Gasteiger partial charge in [-0.2, -0.15) is 4.98 Å². The molecule has 11 nitrogen and oxygen atoms in total. The average Bonchev–Trinajstić information content (AvgIpc) is 3.05. The Labute approximate surface area is 267 Å². The normalized spacial score (nSPS) is 13.7. The van der Waals surface area contributed by atoms with E-state index < -0.39 is 0 Å². The van der Waals surface area contributed by atoms with Crippen LogP contribution in [0, 0.1) is 5.92 Å². The Hall–Kier alpha value is -4.48. The Balaban J connectivity index is 1.50. The zero-order valence-corrected chi connectivity index (χ0v) is 26.6. The summed E-state index contributed by atoms with van der Waals surface area (Å²) in [5, 5.41) is 4.13. The van der Waals surface area contributed by atoms with Crippen molar-refractivity contribution in [3.63, 3.8) is 0 Å². The first-order chi connectivity index (χ1) is 21.8. The molecule has 236 valence electrons. The van der Waals surface area contributed by atoms with Crippen molar-refractivity contribution in [1.82, 2.24) is 29.3 Å². The number of ether oxygens (including phenoxy) is 2. The highest BCUT2D eigenvalue weighted by molar-refractivity contribution is 6.35. The molecule has 1 aliphatic heterocycles. The number of aromatic nitrogens is 4. The number of hydrogen-bond donors (Lipinski definition) is 1. The molecule has 0 aliphatic carbocycles. The Morgan fingerprint density at radius 3 is 2.60 bits per heavy atom. The van der Waals surface area contributed by atoms with Gasteiger partial charge >= 0.3 is 0 Å². The Kier molecular flexibility index (Phi) is 10.3. The van der Waals surface area contributed by atoms with Gasteiger partial charge in [0.25, 0.3) is 5.56 Å². The van der Waals surface area contributed by atoms with Gasteiger partial charge in [0.15, 0.2) is 0 Å². The third-order valence-electron chi connectivity index (χ3n) is 7.56. The fourth-order valence-electron chi connectivity index (χ4n) is 5.19. The van der Waals surface area contributed by atoms with Crippen LogP contribution in [-0.4, -0.2) is 81.7 Å². The van der Waals surface area contributed by atoms with Crippen LogP contribution in [0.15, 0.2) is 66.2 Å². The summed E-state index contributed by atoms with van der Waals surface area (Å²) in [5.74, 6) is 2.13. The number of halogens is 1. The SMILES string of the molecule is C=CC(=O)N1CCN(CCCn2c(=O)c(-c3cc(OC)cc(OCC(C)C)c3Cl)cc3cnc(Nc4ccccn4)nc32)CC1. The number of amides is 1. The monoisotopic (exact) mass is 631 g/mol. The largest absolute Gasteiger partial charge is 0.497 e. The maximum atomic E-state index is 14.3. The van der Waals surface area contributed by atoms with Crippen molar-refractivity contribution in [2.45, 2.75) is 26.8 Å². The van der Waals surface area contributed by atoms with Crippen LogP contribution in [0.5, 0.6) is 11.5 Å². The summed E-state index contributed by atoms with van der Waals surface area (Å²) in [5.41, 5.74) is 1.16. The fourth-order valence-corrected chi connectivity index (χ4v) is 5.46. The maximum Gasteiger partial charge on any atom is 0.260 e. The highest BCUT2D eigenvalue weighted by Crippen LogP contribution is 2.39. The third kappa shape index (κ3) is 7.61. The molecule has 4 heterocycles. The fraction of sp³-hybridized carbons (Fsp3) is 0.364. The summed E-state index contributed by atoms with van der Waals surface area (Å²) in [6.45, 7) is 12.1. The Morgan fingerprint density at radius 1 is 1.11 bits per heavy atom. The van der Waals surface area contributed by atoms with Crippen LogP contribution in [0.25, 0.3) is 22.2 Å². The van der Waals surface area contributed by atoms with Crippen molar-refractivity contribution in [1.29, 1.82) is 0 Å². The summed E-state index contributed by atoms with van der Waals surface area (Å²) in [6.07, 6.45) is 5.41. The number of aryl methyl sites for hydroxylation is 1. The van der Waals surface area contributed by atoms with E-state index in [1.165, 1.54) is 6.08 Å². The highest BCUT2D eigenvalue weighted by atomic mass is 35.5. The zero-order chi connectivity index (χ0) is 31.9. The van der Waals surface area contributed by atoms with Crippen LogP contribution in [-0.2, 0) is 11.3 Å². The van der Waals surface area contributed by atoms with E-state index in [1.54, 1.807) is 47.2 Å². The van der Waals surface area contributed by atoms with Gasteiger partial charge in [0.2, 0.25) is 11.9 Å². The molecule has 45 heavy (non-hydrogen) atoms. The van der Waals surface area contributed by atoms with E-state index in [2.05, 4.69) is 40.6 Å². The lowest BCUT2D eigenvalue weighted by atomic mass is 10.0. The summed E-state index contributed by atoms with van der Waals surface area (Å²) in [7, 11) is 1.56. The van der Waals surface area contributed by atoms with Crippen molar-refractivity contribution in [2.24, 2.45) is 5.92 Å². The molecule has 1 N–H and O–H groups in total. The molecule has 0 saturated carbocycles. The molecule has 4 aromatic rings. The van der Waals surface area contributed by atoms with Crippen LogP contribution in [0.4, 0.5) is 11.8 Å². The van der Waals surface area contributed by atoms with Crippen molar-refractivity contribution in [2.75, 3.05) is 51.8 Å². The summed E-state index contributed by atoms with van der Waals surface area (Å²) < 4.78 is 13.2. The van der Waals surface area contributed by atoms with Crippen molar-refractivity contribution >= 4 is 40.3 Å². The lowest BCUT2D eigenvalue weighted by Gasteiger charge is -2.34. The van der Waals surface area contributed by atoms with Gasteiger partial charge in [0, 0.05) is 67.7 Å². The van der Waals surface area contributed by atoms with E-state index in [-0.39, 0.29) is 17.4 Å². The number of pyridine rings is 2. The summed E-state index contributed by atoms with van der Waals surface area (Å²) >= 11 is 6.88. The topological polar surface area (TPSA) is 115 Å². The van der Waals surface area contributed by atoms with Gasteiger partial charge in [-0.15, -0.1) is 0 Å². The van der Waals surface area contributed by atoms with E-state index in [0.29, 0.717) is 83.1 Å². The minimum atomic E-state index is -0.239. The number of nitrogens with one attached hydrogen (secondary N) is 1. The number of benzene rings is 1. The number of fused-ring (bicyclic) bond motifs is 1. The van der Waals surface area contributed by atoms with Gasteiger partial charge in [0.1, 0.15) is 23.0 Å². The minimum absolute atomic E-state index is 0.0479. The van der Waals surface area contributed by atoms with Crippen LogP contribution in [0.2, 0.25) is 5.02 Å². The van der Waals surface area contributed by atoms with Gasteiger partial charge in [0.05, 0.1) is 18.7 Å². The lowest BCUT2D eigenvalue weighted by Crippen LogP contribution is -2.48. The molecule has 0 unspecified atom stereocenters. The first-order valence-electron chi connectivity index (χ1n) is 15.0. The van der Waals surface area contributed by atoms with E-state index in [4.69, 9.17) is 26.1 Å². The minimum Gasteiger partial charge on any atom is -0.497 e. The van der Waals surface area contributed by atoms with Gasteiger partial charge in [-0.3, -0.25) is 19.1 Å². The Bertz CT molecular complexity index is 1720. The number of anilines is 2. The molecular weight excluding hydrogens is 594 g/mol. The van der Waals surface area contributed by atoms with Crippen molar-refractivity contribution in [3.8, 4) is 22.6 Å². The van der Waals surface area contributed by atoms with E-state index in [9.17, 15) is 9.59 Å². The lowest BCUT2D eigenvalue weighted by molar-refractivity contribution is -0.127. The summed E-state index contributed by atoms with van der Waals surface area (Å²) in [4.78, 5) is 43.9. The number of methoxy groups -OCH3 is 1. The molecule has 12 heteroatoms. The number of carbonyl (C=O) groups is 1. The summed E-state index contributed by atoms with van der Waals surface area (Å²) in [6, 6.07) is 10.7. The molecule has 0 atom stereocenters. The number of nitrogens with zero attached hydrogens (tertiary/aromatic N) is 6. The molecule has 0 bridgehead atoms. The molecular formula is C33H38ClN7O4. The second-order valence-corrected chi connectivity index (χ2v) is 11.6. The quantitative estimate of drug-likeness (QED) is 0.215. The van der Waals surface area contributed by atoms with E-state index in [1.807, 2.05) is 18.2 Å². The first-order valence-corrected chi connectivity index (χ1v) is 15.4. The molecule has 1 amide bonds. The van der Waals surface area contributed by atoms with Gasteiger partial charge < -0.3 is 19.7 Å². The second-order valence-electron chi connectivity index (χ2n) is 11.2. The molecule has 0 radical (unpaired) electrons. The van der Waals surface area contributed by atoms with Crippen LogP contribution in [0.1, 0.15) is 20.3 Å². The van der Waals surface area contributed by atoms with Crippen LogP contribution < -0.4 is 20.3 Å². The molecule has 1 saturated heterocycles. The number of rotatable bonds is 12. The smallest absolute Gasteiger partial charge is 0.260 e. The van der Waals surface area contributed by atoms with Crippen molar-refractivity contribution in [3.05, 3.63) is 76.8 Å². The number of carbonyl (C=O) groups excluding carboxylic acids is 1. The van der Waals surface area contributed by atoms with Gasteiger partial charge in [-0.05, 0) is 49.2 Å². The number of piperazine rings is 1. The molecule has 3 aromatic heterocycles.